The number of hydrogen-bond acceptors (Lipinski definition) is 4. The number of benzene rings is 2. The van der Waals surface area contributed by atoms with Crippen molar-refractivity contribution < 1.29 is 9.59 Å². The number of rotatable bonds is 6. The number of carbonyl (C=O) groups is 2. The minimum Gasteiger partial charge on any atom is -0.378 e. The zero-order valence-electron chi connectivity index (χ0n) is 17.0. The van der Waals surface area contributed by atoms with Crippen molar-refractivity contribution in [3.05, 3.63) is 65.9 Å². The molecule has 0 aliphatic heterocycles. The number of aryl methyl sites for hydroxylation is 2. The zero-order chi connectivity index (χ0) is 20.8. The van der Waals surface area contributed by atoms with E-state index < -0.39 is 11.8 Å². The van der Waals surface area contributed by atoms with E-state index in [2.05, 4.69) is 44.8 Å². The molecule has 1 heterocycles. The molecule has 29 heavy (non-hydrogen) atoms. The van der Waals surface area contributed by atoms with Gasteiger partial charge < -0.3 is 15.5 Å². The van der Waals surface area contributed by atoms with E-state index in [1.165, 1.54) is 5.56 Å². The van der Waals surface area contributed by atoms with Crippen LogP contribution < -0.4 is 15.5 Å². The van der Waals surface area contributed by atoms with Crippen molar-refractivity contribution in [3.63, 3.8) is 0 Å². The molecule has 2 aromatic carbocycles. The highest BCUT2D eigenvalue weighted by Crippen LogP contribution is 2.22. The quantitative estimate of drug-likeness (QED) is 0.500. The molecule has 0 radical (unpaired) electrons. The Morgan fingerprint density at radius 1 is 1.00 bits per heavy atom. The molecule has 0 saturated heterocycles. The maximum Gasteiger partial charge on any atom is 0.313 e. The third kappa shape index (κ3) is 5.31. The van der Waals surface area contributed by atoms with Crippen LogP contribution in [-0.4, -0.2) is 37.4 Å². The van der Waals surface area contributed by atoms with Gasteiger partial charge in [0, 0.05) is 37.4 Å². The summed E-state index contributed by atoms with van der Waals surface area (Å²) in [6.07, 6.45) is 1.60. The SMILES string of the molecule is Cc1cc(NC(=O)C(=O)NCCCc2ccc(N(C)C)cc2)c2ccccc2n1. The number of amides is 2. The van der Waals surface area contributed by atoms with Gasteiger partial charge in [-0.1, -0.05) is 30.3 Å². The Kier molecular flexibility index (Phi) is 6.44. The third-order valence-corrected chi connectivity index (χ3v) is 4.68. The minimum atomic E-state index is -0.670. The van der Waals surface area contributed by atoms with Crippen LogP contribution in [0.3, 0.4) is 0 Å². The predicted molar refractivity (Wildman–Crippen MR) is 117 cm³/mol. The first-order chi connectivity index (χ1) is 13.9. The summed E-state index contributed by atoms with van der Waals surface area (Å²) in [6.45, 7) is 2.30. The van der Waals surface area contributed by atoms with Gasteiger partial charge in [0.2, 0.25) is 0 Å². The molecular formula is C23H26N4O2. The lowest BCUT2D eigenvalue weighted by molar-refractivity contribution is -0.136. The highest BCUT2D eigenvalue weighted by molar-refractivity contribution is 6.40. The Hall–Kier alpha value is -3.41. The summed E-state index contributed by atoms with van der Waals surface area (Å²) in [4.78, 5) is 30.9. The molecule has 150 valence electrons. The fourth-order valence-electron chi connectivity index (χ4n) is 3.13. The van der Waals surface area contributed by atoms with E-state index >= 15 is 0 Å². The van der Waals surface area contributed by atoms with Gasteiger partial charge in [-0.25, -0.2) is 0 Å². The van der Waals surface area contributed by atoms with E-state index in [4.69, 9.17) is 0 Å². The summed E-state index contributed by atoms with van der Waals surface area (Å²) in [5.74, 6) is -1.30. The number of nitrogens with one attached hydrogen (secondary N) is 2. The van der Waals surface area contributed by atoms with Crippen LogP contribution in [0, 0.1) is 6.92 Å². The fourth-order valence-corrected chi connectivity index (χ4v) is 3.13. The second-order valence-electron chi connectivity index (χ2n) is 7.20. The number of hydrogen-bond donors (Lipinski definition) is 2. The van der Waals surface area contributed by atoms with Gasteiger partial charge in [0.15, 0.2) is 0 Å². The van der Waals surface area contributed by atoms with Gasteiger partial charge in [0.25, 0.3) is 0 Å². The molecule has 0 saturated carbocycles. The molecule has 0 aliphatic rings. The predicted octanol–water partition coefficient (Wildman–Crippen LogP) is 3.30. The van der Waals surface area contributed by atoms with Crippen LogP contribution in [0.2, 0.25) is 0 Å². The number of carbonyl (C=O) groups excluding carboxylic acids is 2. The summed E-state index contributed by atoms with van der Waals surface area (Å²) in [7, 11) is 4.01. The second-order valence-corrected chi connectivity index (χ2v) is 7.20. The number of para-hydroxylation sites is 1. The van der Waals surface area contributed by atoms with Crippen molar-refractivity contribution in [2.24, 2.45) is 0 Å². The van der Waals surface area contributed by atoms with Crippen LogP contribution in [0.25, 0.3) is 10.9 Å². The Labute approximate surface area is 170 Å². The van der Waals surface area contributed by atoms with Crippen LogP contribution in [0.15, 0.2) is 54.6 Å². The largest absolute Gasteiger partial charge is 0.378 e. The van der Waals surface area contributed by atoms with Crippen molar-refractivity contribution >= 4 is 34.1 Å². The summed E-state index contributed by atoms with van der Waals surface area (Å²) in [5, 5.41) is 6.20. The van der Waals surface area contributed by atoms with E-state index in [0.717, 1.165) is 35.1 Å². The number of aromatic nitrogens is 1. The van der Waals surface area contributed by atoms with Gasteiger partial charge >= 0.3 is 11.8 Å². The maximum atomic E-state index is 12.3. The lowest BCUT2D eigenvalue weighted by atomic mass is 10.1. The lowest BCUT2D eigenvalue weighted by Crippen LogP contribution is -2.36. The van der Waals surface area contributed by atoms with E-state index in [9.17, 15) is 9.59 Å². The second kappa shape index (κ2) is 9.19. The molecule has 3 rings (SSSR count). The van der Waals surface area contributed by atoms with Gasteiger partial charge in [0.05, 0.1) is 11.2 Å². The smallest absolute Gasteiger partial charge is 0.313 e. The Bertz CT molecular complexity index is 1010. The van der Waals surface area contributed by atoms with Crippen molar-refractivity contribution in [2.75, 3.05) is 30.9 Å². The Balaban J connectivity index is 1.50. The fraction of sp³-hybridized carbons (Fsp3) is 0.261. The van der Waals surface area contributed by atoms with Gasteiger partial charge in [-0.2, -0.15) is 0 Å². The monoisotopic (exact) mass is 390 g/mol. The zero-order valence-corrected chi connectivity index (χ0v) is 17.0. The lowest BCUT2D eigenvalue weighted by Gasteiger charge is -2.12. The number of pyridine rings is 1. The summed E-state index contributed by atoms with van der Waals surface area (Å²) in [5.41, 5.74) is 4.50. The normalized spacial score (nSPS) is 10.6. The molecular weight excluding hydrogens is 364 g/mol. The molecule has 3 aromatic rings. The molecule has 1 aromatic heterocycles. The van der Waals surface area contributed by atoms with Gasteiger partial charge in [0.1, 0.15) is 0 Å². The average molecular weight is 390 g/mol. The third-order valence-electron chi connectivity index (χ3n) is 4.68. The van der Waals surface area contributed by atoms with Crippen LogP contribution in [0.1, 0.15) is 17.7 Å². The first kappa shape index (κ1) is 20.3. The molecule has 0 bridgehead atoms. The number of nitrogens with zero attached hydrogens (tertiary/aromatic N) is 2. The van der Waals surface area contributed by atoms with Crippen LogP contribution in [0.4, 0.5) is 11.4 Å². The molecule has 0 spiro atoms. The standard InChI is InChI=1S/C23H26N4O2/c1-16-15-21(19-8-4-5-9-20(19)25-16)26-23(29)22(28)24-14-6-7-17-10-12-18(13-11-17)27(2)3/h4-5,8-13,15H,6-7,14H2,1-3H3,(H,24,28)(H,25,26,29). The van der Waals surface area contributed by atoms with Gasteiger partial charge in [-0.15, -0.1) is 0 Å². The Morgan fingerprint density at radius 3 is 2.45 bits per heavy atom. The van der Waals surface area contributed by atoms with Crippen LogP contribution >= 0.6 is 0 Å². The molecule has 6 nitrogen and oxygen atoms in total. The number of fused-ring (bicyclic) bond motifs is 1. The van der Waals surface area contributed by atoms with E-state index in [1.54, 1.807) is 6.07 Å². The minimum absolute atomic E-state index is 0.442. The first-order valence-corrected chi connectivity index (χ1v) is 9.66. The molecule has 0 unspecified atom stereocenters. The maximum absolute atomic E-state index is 12.3. The van der Waals surface area contributed by atoms with E-state index in [-0.39, 0.29) is 0 Å². The van der Waals surface area contributed by atoms with Crippen molar-refractivity contribution in [2.45, 2.75) is 19.8 Å². The Morgan fingerprint density at radius 2 is 1.72 bits per heavy atom. The van der Waals surface area contributed by atoms with Crippen molar-refractivity contribution in [1.29, 1.82) is 0 Å². The molecule has 0 aliphatic carbocycles. The topological polar surface area (TPSA) is 74.3 Å². The van der Waals surface area contributed by atoms with E-state index in [1.807, 2.05) is 45.3 Å². The summed E-state index contributed by atoms with van der Waals surface area (Å²) in [6, 6.07) is 17.6. The van der Waals surface area contributed by atoms with Crippen LogP contribution in [0.5, 0.6) is 0 Å². The highest BCUT2D eigenvalue weighted by Gasteiger charge is 2.15. The van der Waals surface area contributed by atoms with Gasteiger partial charge in [-0.05, 0) is 49.6 Å². The molecule has 2 N–H and O–H groups in total. The molecule has 2 amide bonds. The highest BCUT2D eigenvalue weighted by atomic mass is 16.2. The molecule has 0 atom stereocenters. The molecule has 0 fully saturated rings. The average Bonchev–Trinajstić information content (AvgIpc) is 2.71. The van der Waals surface area contributed by atoms with Crippen molar-refractivity contribution in [3.8, 4) is 0 Å². The summed E-state index contributed by atoms with van der Waals surface area (Å²) >= 11 is 0. The summed E-state index contributed by atoms with van der Waals surface area (Å²) < 4.78 is 0. The van der Waals surface area contributed by atoms with Crippen molar-refractivity contribution in [1.82, 2.24) is 10.3 Å². The van der Waals surface area contributed by atoms with Crippen LogP contribution in [-0.2, 0) is 16.0 Å². The first-order valence-electron chi connectivity index (χ1n) is 9.66. The molecule has 6 heteroatoms. The van der Waals surface area contributed by atoms with E-state index in [0.29, 0.717) is 12.2 Å². The number of anilines is 2. The van der Waals surface area contributed by atoms with Gasteiger partial charge in [-0.3, -0.25) is 14.6 Å².